The molecule has 0 radical (unpaired) electrons. The third-order valence-electron chi connectivity index (χ3n) is 2.37. The molecule has 7 nitrogen and oxygen atoms in total. The van der Waals surface area contributed by atoms with E-state index in [1.54, 1.807) is 41.5 Å². The normalized spacial score (nSPS) is 11.6. The third-order valence-corrected chi connectivity index (χ3v) is 2.37. The lowest BCUT2D eigenvalue weighted by Gasteiger charge is -2.28. The average molecular weight is 342 g/mol. The van der Waals surface area contributed by atoms with Crippen molar-refractivity contribution in [3.8, 4) is 5.75 Å². The molecule has 0 aliphatic heterocycles. The fourth-order valence-electron chi connectivity index (χ4n) is 1.55. The van der Waals surface area contributed by atoms with Crippen LogP contribution in [0.2, 0.25) is 0 Å². The Kier molecular flexibility index (Phi) is 5.65. The van der Waals surface area contributed by atoms with Gasteiger partial charge in [-0.2, -0.15) is 5.01 Å². The van der Waals surface area contributed by atoms with Gasteiger partial charge in [-0.25, -0.2) is 19.4 Å². The van der Waals surface area contributed by atoms with Crippen LogP contribution >= 0.6 is 0 Å². The molecule has 0 unspecified atom stereocenters. The van der Waals surface area contributed by atoms with E-state index >= 15 is 0 Å². The first kappa shape index (κ1) is 19.5. The van der Waals surface area contributed by atoms with Crippen LogP contribution in [0.1, 0.15) is 41.5 Å². The lowest BCUT2D eigenvalue weighted by atomic mass is 10.2. The number of halogens is 1. The number of hydrazine groups is 1. The summed E-state index contributed by atoms with van der Waals surface area (Å²) in [5.74, 6) is -1.53. The average Bonchev–Trinajstić information content (AvgIpc) is 2.35. The van der Waals surface area contributed by atoms with E-state index in [1.807, 2.05) is 0 Å². The number of rotatable bonds is 1. The Bertz CT molecular complexity index is 620. The second kappa shape index (κ2) is 6.94. The Morgan fingerprint density at radius 3 is 2.08 bits per heavy atom. The highest BCUT2D eigenvalue weighted by molar-refractivity contribution is 5.90. The van der Waals surface area contributed by atoms with Crippen molar-refractivity contribution < 1.29 is 28.6 Å². The Balaban J connectivity index is 3.09. The predicted octanol–water partition coefficient (Wildman–Crippen LogP) is 3.71. The smallest absolute Gasteiger partial charge is 0.434 e. The van der Waals surface area contributed by atoms with Gasteiger partial charge in [-0.15, -0.1) is 0 Å². The zero-order valence-corrected chi connectivity index (χ0v) is 14.6. The van der Waals surface area contributed by atoms with Crippen LogP contribution in [0.4, 0.5) is 19.7 Å². The lowest BCUT2D eigenvalue weighted by Crippen LogP contribution is -2.50. The summed E-state index contributed by atoms with van der Waals surface area (Å²) in [6, 6.07) is 3.19. The summed E-state index contributed by atoms with van der Waals surface area (Å²) in [5.41, 5.74) is 0.551. The number of carbonyl (C=O) groups is 2. The van der Waals surface area contributed by atoms with Gasteiger partial charge in [0.05, 0.1) is 5.69 Å². The predicted molar refractivity (Wildman–Crippen MR) is 86.1 cm³/mol. The maximum atomic E-state index is 13.6. The molecule has 0 saturated carbocycles. The molecule has 0 heterocycles. The summed E-state index contributed by atoms with van der Waals surface area (Å²) >= 11 is 0. The summed E-state index contributed by atoms with van der Waals surface area (Å²) in [4.78, 5) is 24.2. The van der Waals surface area contributed by atoms with E-state index in [-0.39, 0.29) is 5.69 Å². The van der Waals surface area contributed by atoms with Gasteiger partial charge in [0.2, 0.25) is 0 Å². The minimum atomic E-state index is -0.952. The Morgan fingerprint density at radius 1 is 1.08 bits per heavy atom. The van der Waals surface area contributed by atoms with Crippen LogP contribution in [0, 0.1) is 5.82 Å². The maximum Gasteiger partial charge on any atom is 0.434 e. The summed E-state index contributed by atoms with van der Waals surface area (Å²) in [7, 11) is 0. The summed E-state index contributed by atoms with van der Waals surface area (Å²) in [6.07, 6.45) is -1.85. The number of ether oxygens (including phenoxy) is 2. The van der Waals surface area contributed by atoms with E-state index in [0.717, 1.165) is 12.1 Å². The van der Waals surface area contributed by atoms with Crippen molar-refractivity contribution in [3.05, 3.63) is 24.0 Å². The molecule has 2 amide bonds. The van der Waals surface area contributed by atoms with Crippen LogP contribution < -0.4 is 10.4 Å². The summed E-state index contributed by atoms with van der Waals surface area (Å²) in [5, 5.41) is 9.97. The molecule has 24 heavy (non-hydrogen) atoms. The first-order valence-corrected chi connectivity index (χ1v) is 7.30. The van der Waals surface area contributed by atoms with Gasteiger partial charge in [-0.05, 0) is 53.7 Å². The minimum Gasteiger partial charge on any atom is -0.505 e. The highest BCUT2D eigenvalue weighted by Gasteiger charge is 2.27. The highest BCUT2D eigenvalue weighted by atomic mass is 19.1. The monoisotopic (exact) mass is 342 g/mol. The van der Waals surface area contributed by atoms with Gasteiger partial charge in [0.25, 0.3) is 0 Å². The lowest BCUT2D eigenvalue weighted by molar-refractivity contribution is 0.0425. The molecule has 2 N–H and O–H groups in total. The number of amides is 2. The van der Waals surface area contributed by atoms with Crippen molar-refractivity contribution >= 4 is 17.9 Å². The van der Waals surface area contributed by atoms with Crippen LogP contribution in [0.15, 0.2) is 18.2 Å². The van der Waals surface area contributed by atoms with Crippen molar-refractivity contribution in [1.29, 1.82) is 0 Å². The first-order valence-electron chi connectivity index (χ1n) is 7.30. The quantitative estimate of drug-likeness (QED) is 0.760. The molecule has 0 aromatic heterocycles. The van der Waals surface area contributed by atoms with E-state index in [4.69, 9.17) is 9.47 Å². The molecular weight excluding hydrogens is 319 g/mol. The van der Waals surface area contributed by atoms with E-state index in [0.29, 0.717) is 5.01 Å². The molecule has 0 aliphatic rings. The zero-order valence-electron chi connectivity index (χ0n) is 14.6. The SMILES string of the molecule is CC(C)(C)OC(=O)NN(C(=O)OC(C)(C)C)c1ccc(O)c(F)c1. The van der Waals surface area contributed by atoms with E-state index < -0.39 is 35.0 Å². The molecule has 1 aromatic rings. The summed E-state index contributed by atoms with van der Waals surface area (Å²) < 4.78 is 23.8. The topological polar surface area (TPSA) is 88.1 Å². The van der Waals surface area contributed by atoms with Gasteiger partial charge in [0, 0.05) is 6.07 Å². The third kappa shape index (κ3) is 6.31. The van der Waals surface area contributed by atoms with Crippen molar-refractivity contribution in [3.63, 3.8) is 0 Å². The first-order chi connectivity index (χ1) is 10.8. The van der Waals surface area contributed by atoms with E-state index in [2.05, 4.69) is 5.43 Å². The summed E-state index contributed by atoms with van der Waals surface area (Å²) in [6.45, 7) is 9.91. The molecule has 0 fully saturated rings. The number of aromatic hydroxyl groups is 1. The van der Waals surface area contributed by atoms with Crippen molar-refractivity contribution in [2.45, 2.75) is 52.7 Å². The number of hydrogen-bond acceptors (Lipinski definition) is 5. The van der Waals surface area contributed by atoms with Crippen LogP contribution in [-0.2, 0) is 9.47 Å². The van der Waals surface area contributed by atoms with Gasteiger partial charge in [0.15, 0.2) is 11.6 Å². The zero-order chi connectivity index (χ0) is 18.7. The van der Waals surface area contributed by atoms with Crippen molar-refractivity contribution in [2.24, 2.45) is 0 Å². The van der Waals surface area contributed by atoms with Crippen LogP contribution in [0.25, 0.3) is 0 Å². The Labute approximate surface area is 140 Å². The number of phenolic OH excluding ortho intramolecular Hbond substituents is 1. The molecule has 134 valence electrons. The van der Waals surface area contributed by atoms with Crippen LogP contribution in [0.5, 0.6) is 5.75 Å². The molecule has 1 aromatic carbocycles. The number of benzene rings is 1. The van der Waals surface area contributed by atoms with Gasteiger partial charge in [0.1, 0.15) is 11.2 Å². The van der Waals surface area contributed by atoms with Gasteiger partial charge >= 0.3 is 12.2 Å². The highest BCUT2D eigenvalue weighted by Crippen LogP contribution is 2.23. The molecule has 0 bridgehead atoms. The molecule has 0 aliphatic carbocycles. The second-order valence-electron chi connectivity index (χ2n) is 7.07. The van der Waals surface area contributed by atoms with E-state index in [9.17, 15) is 19.1 Å². The molecule has 0 atom stereocenters. The van der Waals surface area contributed by atoms with Gasteiger partial charge in [-0.1, -0.05) is 0 Å². The molecule has 0 saturated heterocycles. The number of phenols is 1. The van der Waals surface area contributed by atoms with Gasteiger partial charge in [-0.3, -0.25) is 0 Å². The molecule has 0 spiro atoms. The molecular formula is C16H23FN2O5. The van der Waals surface area contributed by atoms with Crippen LogP contribution in [-0.4, -0.2) is 28.5 Å². The maximum absolute atomic E-state index is 13.6. The minimum absolute atomic E-state index is 0.0367. The number of carbonyl (C=O) groups excluding carboxylic acids is 2. The largest absolute Gasteiger partial charge is 0.505 e. The van der Waals surface area contributed by atoms with Crippen molar-refractivity contribution in [2.75, 3.05) is 5.01 Å². The van der Waals surface area contributed by atoms with E-state index in [1.165, 1.54) is 6.07 Å². The van der Waals surface area contributed by atoms with Gasteiger partial charge < -0.3 is 14.6 Å². The second-order valence-corrected chi connectivity index (χ2v) is 7.07. The fourth-order valence-corrected chi connectivity index (χ4v) is 1.55. The standard InChI is InChI=1S/C16H23FN2O5/c1-15(2,3)23-13(21)18-19(14(22)24-16(4,5)6)10-7-8-12(20)11(17)9-10/h7-9,20H,1-6H3,(H,18,21). The Morgan fingerprint density at radius 2 is 1.62 bits per heavy atom. The van der Waals surface area contributed by atoms with Crippen molar-refractivity contribution in [1.82, 2.24) is 5.43 Å². The Hall–Kier alpha value is -2.51. The number of hydrogen-bond donors (Lipinski definition) is 2. The molecule has 8 heteroatoms. The fraction of sp³-hybridized carbons (Fsp3) is 0.500. The molecule has 1 rings (SSSR count). The number of nitrogens with one attached hydrogen (secondary N) is 1. The van der Waals surface area contributed by atoms with Crippen LogP contribution in [0.3, 0.4) is 0 Å². The number of nitrogens with zero attached hydrogens (tertiary/aromatic N) is 1. The number of anilines is 1.